The molecular weight excluding hydrogens is 410 g/mol. The lowest BCUT2D eigenvalue weighted by atomic mass is 10.00. The highest BCUT2D eigenvalue weighted by Gasteiger charge is 2.33. The first kappa shape index (κ1) is 19.8. The molecule has 0 spiro atoms. The molecule has 3 aromatic rings. The second-order valence-corrected chi connectivity index (χ2v) is 8.74. The molecule has 0 aliphatic carbocycles. The number of nitrogens with zero attached hydrogens (tertiary/aromatic N) is 1. The molecule has 0 fully saturated rings. The molecule has 5 rings (SSSR count). The predicted octanol–water partition coefficient (Wildman–Crippen LogP) is 5.08. The van der Waals surface area contributed by atoms with Gasteiger partial charge in [-0.3, -0.25) is 9.69 Å². The molecular formula is C25H23NO4S. The predicted molar refractivity (Wildman–Crippen MR) is 121 cm³/mol. The van der Waals surface area contributed by atoms with E-state index in [1.165, 1.54) is 4.88 Å². The van der Waals surface area contributed by atoms with Gasteiger partial charge in [-0.1, -0.05) is 24.3 Å². The SMILES string of the molecule is COc1ccccc1/C=C1\Oc2c(cc3c(c2C)OCN(CCc2cccs2)C3)C1=O. The first-order chi connectivity index (χ1) is 15.1. The maximum absolute atomic E-state index is 13.1. The van der Waals surface area contributed by atoms with Crippen molar-refractivity contribution >= 4 is 23.2 Å². The van der Waals surface area contributed by atoms with Gasteiger partial charge in [0.2, 0.25) is 5.78 Å². The van der Waals surface area contributed by atoms with Gasteiger partial charge in [0.15, 0.2) is 5.76 Å². The summed E-state index contributed by atoms with van der Waals surface area (Å²) >= 11 is 1.78. The Morgan fingerprint density at radius 1 is 1.19 bits per heavy atom. The van der Waals surface area contributed by atoms with Crippen molar-refractivity contribution in [3.8, 4) is 17.2 Å². The van der Waals surface area contributed by atoms with Gasteiger partial charge in [0.25, 0.3) is 0 Å². The maximum atomic E-state index is 13.1. The van der Waals surface area contributed by atoms with Crippen LogP contribution in [0.1, 0.15) is 31.9 Å². The van der Waals surface area contributed by atoms with Crippen LogP contribution in [0.5, 0.6) is 17.2 Å². The average molecular weight is 434 g/mol. The number of ether oxygens (including phenoxy) is 3. The molecule has 158 valence electrons. The monoisotopic (exact) mass is 433 g/mol. The van der Waals surface area contributed by atoms with E-state index >= 15 is 0 Å². The van der Waals surface area contributed by atoms with E-state index in [0.29, 0.717) is 29.6 Å². The summed E-state index contributed by atoms with van der Waals surface area (Å²) in [5, 5.41) is 2.10. The van der Waals surface area contributed by atoms with E-state index in [-0.39, 0.29) is 5.78 Å². The van der Waals surface area contributed by atoms with E-state index in [1.54, 1.807) is 24.5 Å². The maximum Gasteiger partial charge on any atom is 0.231 e. The van der Waals surface area contributed by atoms with Crippen LogP contribution < -0.4 is 14.2 Å². The second kappa shape index (κ2) is 8.21. The number of Topliss-reactive ketones (excluding diaryl/α,β-unsaturated/α-hetero) is 1. The number of benzene rings is 2. The quantitative estimate of drug-likeness (QED) is 0.526. The Kier molecular flexibility index (Phi) is 5.26. The largest absolute Gasteiger partial charge is 0.496 e. The molecule has 0 radical (unpaired) electrons. The number of hydrogen-bond acceptors (Lipinski definition) is 6. The second-order valence-electron chi connectivity index (χ2n) is 7.70. The van der Waals surface area contributed by atoms with E-state index in [1.807, 2.05) is 37.3 Å². The Morgan fingerprint density at radius 2 is 2.06 bits per heavy atom. The van der Waals surface area contributed by atoms with E-state index in [0.717, 1.165) is 42.0 Å². The zero-order valence-corrected chi connectivity index (χ0v) is 18.3. The van der Waals surface area contributed by atoms with Gasteiger partial charge in [0.05, 0.1) is 12.7 Å². The molecule has 3 heterocycles. The van der Waals surface area contributed by atoms with E-state index < -0.39 is 0 Å². The van der Waals surface area contributed by atoms with Crippen LogP contribution in [0, 0.1) is 6.92 Å². The van der Waals surface area contributed by atoms with Gasteiger partial charge in [-0.25, -0.2) is 0 Å². The van der Waals surface area contributed by atoms with Gasteiger partial charge in [-0.15, -0.1) is 11.3 Å². The van der Waals surface area contributed by atoms with E-state index in [9.17, 15) is 4.79 Å². The number of hydrogen-bond donors (Lipinski definition) is 0. The lowest BCUT2D eigenvalue weighted by Gasteiger charge is -2.30. The minimum atomic E-state index is -0.109. The Labute approximate surface area is 185 Å². The van der Waals surface area contributed by atoms with Crippen molar-refractivity contribution in [3.63, 3.8) is 0 Å². The topological polar surface area (TPSA) is 48.0 Å². The van der Waals surface area contributed by atoms with Gasteiger partial charge in [-0.2, -0.15) is 0 Å². The molecule has 2 aliphatic heterocycles. The van der Waals surface area contributed by atoms with Crippen molar-refractivity contribution in [3.05, 3.63) is 80.7 Å². The number of thiophene rings is 1. The smallest absolute Gasteiger partial charge is 0.231 e. The molecule has 6 heteroatoms. The van der Waals surface area contributed by atoms with Crippen molar-refractivity contribution in [2.75, 3.05) is 20.4 Å². The zero-order valence-electron chi connectivity index (χ0n) is 17.5. The van der Waals surface area contributed by atoms with Crippen LogP contribution in [0.15, 0.2) is 53.6 Å². The third kappa shape index (κ3) is 3.73. The fraction of sp³-hybridized carbons (Fsp3) is 0.240. The standard InChI is InChI=1S/C25H23NO4S/c1-16-24-18(14-26(15-29-24)10-9-19-7-5-11-31-19)12-20-23(27)22(30-25(16)20)13-17-6-3-4-8-21(17)28-2/h3-8,11-13H,9-10,14-15H2,1-2H3/b22-13-. The van der Waals surface area contributed by atoms with Crippen molar-refractivity contribution < 1.29 is 19.0 Å². The molecule has 2 aromatic carbocycles. The van der Waals surface area contributed by atoms with Crippen LogP contribution in [0.25, 0.3) is 6.08 Å². The molecule has 5 nitrogen and oxygen atoms in total. The number of ketones is 1. The van der Waals surface area contributed by atoms with E-state index in [2.05, 4.69) is 22.4 Å². The molecule has 0 unspecified atom stereocenters. The summed E-state index contributed by atoms with van der Waals surface area (Å²) in [6, 6.07) is 13.7. The van der Waals surface area contributed by atoms with Gasteiger partial charge < -0.3 is 14.2 Å². The van der Waals surface area contributed by atoms with Gasteiger partial charge in [-0.05, 0) is 43.0 Å². The molecule has 0 atom stereocenters. The molecule has 31 heavy (non-hydrogen) atoms. The minimum Gasteiger partial charge on any atom is -0.496 e. The third-order valence-corrected chi connectivity index (χ3v) is 6.62. The highest BCUT2D eigenvalue weighted by atomic mass is 32.1. The first-order valence-corrected chi connectivity index (χ1v) is 11.1. The van der Waals surface area contributed by atoms with Crippen LogP contribution >= 0.6 is 11.3 Å². The van der Waals surface area contributed by atoms with Crippen LogP contribution in [0.4, 0.5) is 0 Å². The molecule has 0 N–H and O–H groups in total. The number of methoxy groups -OCH3 is 1. The lowest BCUT2D eigenvalue weighted by Crippen LogP contribution is -2.34. The Bertz CT molecular complexity index is 1170. The van der Waals surface area contributed by atoms with Crippen molar-refractivity contribution in [2.45, 2.75) is 19.9 Å². The fourth-order valence-electron chi connectivity index (χ4n) is 4.09. The number of fused-ring (bicyclic) bond motifs is 2. The molecule has 1 aromatic heterocycles. The normalized spacial score (nSPS) is 16.6. The van der Waals surface area contributed by atoms with Crippen LogP contribution in [0.2, 0.25) is 0 Å². The highest BCUT2D eigenvalue weighted by molar-refractivity contribution is 7.09. The van der Waals surface area contributed by atoms with Gasteiger partial charge in [0, 0.05) is 34.7 Å². The van der Waals surface area contributed by atoms with Crippen molar-refractivity contribution in [2.24, 2.45) is 0 Å². The molecule has 0 bridgehead atoms. The summed E-state index contributed by atoms with van der Waals surface area (Å²) in [5.41, 5.74) is 3.31. The summed E-state index contributed by atoms with van der Waals surface area (Å²) in [6.07, 6.45) is 2.74. The van der Waals surface area contributed by atoms with Crippen molar-refractivity contribution in [1.29, 1.82) is 0 Å². The van der Waals surface area contributed by atoms with Crippen LogP contribution in [-0.2, 0) is 13.0 Å². The summed E-state index contributed by atoms with van der Waals surface area (Å²) < 4.78 is 17.5. The van der Waals surface area contributed by atoms with Gasteiger partial charge in [0.1, 0.15) is 24.0 Å². The average Bonchev–Trinajstić information content (AvgIpc) is 3.42. The molecule has 0 amide bonds. The van der Waals surface area contributed by atoms with Crippen LogP contribution in [0.3, 0.4) is 0 Å². The number of para-hydroxylation sites is 1. The number of rotatable bonds is 5. The number of allylic oxidation sites excluding steroid dienone is 1. The summed E-state index contributed by atoms with van der Waals surface area (Å²) in [4.78, 5) is 16.7. The van der Waals surface area contributed by atoms with E-state index in [4.69, 9.17) is 14.2 Å². The Balaban J connectivity index is 1.40. The third-order valence-electron chi connectivity index (χ3n) is 5.68. The lowest BCUT2D eigenvalue weighted by molar-refractivity contribution is 0.0956. The zero-order chi connectivity index (χ0) is 21.4. The molecule has 2 aliphatic rings. The Hall–Kier alpha value is -3.09. The summed E-state index contributed by atoms with van der Waals surface area (Å²) in [6.45, 7) is 4.17. The molecule has 0 saturated heterocycles. The summed E-state index contributed by atoms with van der Waals surface area (Å²) in [7, 11) is 1.61. The Morgan fingerprint density at radius 3 is 2.87 bits per heavy atom. The minimum absolute atomic E-state index is 0.109. The van der Waals surface area contributed by atoms with Crippen molar-refractivity contribution in [1.82, 2.24) is 4.90 Å². The number of carbonyl (C=O) groups is 1. The fourth-order valence-corrected chi connectivity index (χ4v) is 4.79. The summed E-state index contributed by atoms with van der Waals surface area (Å²) in [5.74, 6) is 2.32. The van der Waals surface area contributed by atoms with Crippen LogP contribution in [-0.4, -0.2) is 31.1 Å². The first-order valence-electron chi connectivity index (χ1n) is 10.3. The van der Waals surface area contributed by atoms with Gasteiger partial charge >= 0.3 is 0 Å². The molecule has 0 saturated carbocycles. The number of carbonyl (C=O) groups excluding carboxylic acids is 1. The highest BCUT2D eigenvalue weighted by Crippen LogP contribution is 2.43.